The van der Waals surface area contributed by atoms with Crippen molar-refractivity contribution in [3.63, 3.8) is 0 Å². The third-order valence-electron chi connectivity index (χ3n) is 5.35. The molecule has 1 saturated heterocycles. The molecule has 1 unspecified atom stereocenters. The van der Waals surface area contributed by atoms with Gasteiger partial charge in [-0.05, 0) is 31.7 Å². The number of aromatic nitrogens is 4. The number of nitrogens with one attached hydrogen (secondary N) is 1. The van der Waals surface area contributed by atoms with Crippen LogP contribution in [0.3, 0.4) is 0 Å². The Kier molecular flexibility index (Phi) is 5.40. The van der Waals surface area contributed by atoms with E-state index in [0.29, 0.717) is 0 Å². The zero-order chi connectivity index (χ0) is 19.5. The number of hydrogen-bond acceptors (Lipinski definition) is 7. The maximum Gasteiger partial charge on any atom is 0.165 e. The van der Waals surface area contributed by atoms with Gasteiger partial charge in [0.05, 0.1) is 18.8 Å². The zero-order valence-electron chi connectivity index (χ0n) is 16.4. The summed E-state index contributed by atoms with van der Waals surface area (Å²) in [6.45, 7) is 6.23. The molecule has 2 N–H and O–H groups in total. The normalized spacial score (nSPS) is 16.5. The van der Waals surface area contributed by atoms with E-state index in [1.165, 1.54) is 0 Å². The number of aliphatic hydroxyl groups is 1. The molecule has 0 aromatic carbocycles. The van der Waals surface area contributed by atoms with Crippen LogP contribution in [0.5, 0.6) is 0 Å². The lowest BCUT2D eigenvalue weighted by Gasteiger charge is -2.33. The number of likely N-dealkylation sites (N-methyl/N-ethyl adjacent to an activating group) is 1. The van der Waals surface area contributed by atoms with Gasteiger partial charge in [-0.25, -0.2) is 9.97 Å². The average Bonchev–Trinajstić information content (AvgIpc) is 3.18. The summed E-state index contributed by atoms with van der Waals surface area (Å²) in [7, 11) is 2.15. The van der Waals surface area contributed by atoms with Gasteiger partial charge < -0.3 is 20.2 Å². The number of aliphatic hydroxyl groups excluding tert-OH is 1. The zero-order valence-corrected chi connectivity index (χ0v) is 16.4. The van der Waals surface area contributed by atoms with Crippen molar-refractivity contribution in [2.45, 2.75) is 19.4 Å². The predicted molar refractivity (Wildman–Crippen MR) is 111 cm³/mol. The summed E-state index contributed by atoms with van der Waals surface area (Å²) in [5, 5.41) is 17.3. The topological polar surface area (TPSA) is 81.8 Å². The minimum atomic E-state index is -0.0113. The summed E-state index contributed by atoms with van der Waals surface area (Å²) in [5.41, 5.74) is 2.71. The van der Waals surface area contributed by atoms with Gasteiger partial charge in [0, 0.05) is 49.7 Å². The monoisotopic (exact) mass is 381 g/mol. The van der Waals surface area contributed by atoms with Crippen molar-refractivity contribution < 1.29 is 5.11 Å². The van der Waals surface area contributed by atoms with Gasteiger partial charge in [0.1, 0.15) is 11.6 Å². The fourth-order valence-electron chi connectivity index (χ4n) is 3.46. The van der Waals surface area contributed by atoms with Crippen LogP contribution in [0.2, 0.25) is 0 Å². The molecule has 4 rings (SSSR count). The van der Waals surface area contributed by atoms with Crippen LogP contribution in [0.4, 0.5) is 11.6 Å². The van der Waals surface area contributed by atoms with Gasteiger partial charge in [-0.2, -0.15) is 9.61 Å². The van der Waals surface area contributed by atoms with Crippen LogP contribution < -0.4 is 10.2 Å². The molecule has 28 heavy (non-hydrogen) atoms. The molecule has 4 heterocycles. The Morgan fingerprint density at radius 3 is 2.61 bits per heavy atom. The van der Waals surface area contributed by atoms with Crippen LogP contribution in [0, 0.1) is 0 Å². The lowest BCUT2D eigenvalue weighted by atomic mass is 10.1. The Morgan fingerprint density at radius 2 is 1.93 bits per heavy atom. The Labute approximate surface area is 164 Å². The van der Waals surface area contributed by atoms with Gasteiger partial charge in [-0.15, -0.1) is 0 Å². The number of pyridine rings is 1. The van der Waals surface area contributed by atoms with E-state index in [4.69, 9.17) is 0 Å². The standard InChI is InChI=1S/C20H27N7O/c1-3-16(14-28)24-19-6-7-21-20-17(13-23-27(19)20)15-4-5-18(22-12-15)26-10-8-25(2)9-11-26/h4-7,12-13,16,24,28H,3,8-11,14H2,1-2H3. The largest absolute Gasteiger partial charge is 0.394 e. The quantitative estimate of drug-likeness (QED) is 0.673. The first kappa shape index (κ1) is 18.6. The lowest BCUT2D eigenvalue weighted by molar-refractivity contribution is 0.271. The smallest absolute Gasteiger partial charge is 0.165 e. The van der Waals surface area contributed by atoms with E-state index in [-0.39, 0.29) is 12.6 Å². The second-order valence-corrected chi connectivity index (χ2v) is 7.25. The summed E-state index contributed by atoms with van der Waals surface area (Å²) in [6.07, 6.45) is 6.31. The highest BCUT2D eigenvalue weighted by atomic mass is 16.3. The molecule has 1 fully saturated rings. The van der Waals surface area contributed by atoms with Gasteiger partial charge >= 0.3 is 0 Å². The van der Waals surface area contributed by atoms with Crippen LogP contribution in [-0.2, 0) is 0 Å². The molecule has 1 atom stereocenters. The predicted octanol–water partition coefficient (Wildman–Crippen LogP) is 1.73. The van der Waals surface area contributed by atoms with E-state index in [2.05, 4.69) is 49.4 Å². The molecule has 148 valence electrons. The summed E-state index contributed by atoms with van der Waals surface area (Å²) in [5.74, 6) is 1.83. The first-order valence-corrected chi connectivity index (χ1v) is 9.79. The minimum Gasteiger partial charge on any atom is -0.394 e. The molecule has 8 heteroatoms. The van der Waals surface area contributed by atoms with E-state index >= 15 is 0 Å². The fraction of sp³-hybridized carbons (Fsp3) is 0.450. The lowest BCUT2D eigenvalue weighted by Crippen LogP contribution is -2.44. The highest BCUT2D eigenvalue weighted by Gasteiger charge is 2.16. The van der Waals surface area contributed by atoms with Gasteiger partial charge in [-0.3, -0.25) is 0 Å². The van der Waals surface area contributed by atoms with Gasteiger partial charge in [-0.1, -0.05) is 6.92 Å². The second kappa shape index (κ2) is 8.12. The first-order chi connectivity index (χ1) is 13.7. The maximum atomic E-state index is 9.47. The SMILES string of the molecule is CCC(CO)Nc1ccnc2c(-c3ccc(N4CCN(C)CC4)nc3)cnn12. The molecule has 0 radical (unpaired) electrons. The third kappa shape index (κ3) is 3.65. The summed E-state index contributed by atoms with van der Waals surface area (Å²) < 4.78 is 1.78. The molecule has 1 aliphatic rings. The molecule has 3 aromatic rings. The summed E-state index contributed by atoms with van der Waals surface area (Å²) >= 11 is 0. The molecule has 0 amide bonds. The fourth-order valence-corrected chi connectivity index (χ4v) is 3.46. The van der Waals surface area contributed by atoms with Crippen molar-refractivity contribution in [1.82, 2.24) is 24.5 Å². The van der Waals surface area contributed by atoms with Crippen LogP contribution in [0.1, 0.15) is 13.3 Å². The van der Waals surface area contributed by atoms with Crippen molar-refractivity contribution in [2.24, 2.45) is 0 Å². The average molecular weight is 381 g/mol. The maximum absolute atomic E-state index is 9.47. The van der Waals surface area contributed by atoms with E-state index in [1.54, 1.807) is 10.7 Å². The number of anilines is 2. The molecule has 1 aliphatic heterocycles. The van der Waals surface area contributed by atoms with E-state index in [1.807, 2.05) is 25.4 Å². The third-order valence-corrected chi connectivity index (χ3v) is 5.35. The van der Waals surface area contributed by atoms with Crippen LogP contribution in [0.25, 0.3) is 16.8 Å². The number of fused-ring (bicyclic) bond motifs is 1. The van der Waals surface area contributed by atoms with Crippen molar-refractivity contribution >= 4 is 17.3 Å². The Morgan fingerprint density at radius 1 is 1.11 bits per heavy atom. The Hall–Kier alpha value is -2.71. The van der Waals surface area contributed by atoms with E-state index in [9.17, 15) is 5.11 Å². The van der Waals surface area contributed by atoms with Crippen molar-refractivity contribution in [1.29, 1.82) is 0 Å². The van der Waals surface area contributed by atoms with E-state index in [0.717, 1.165) is 61.0 Å². The summed E-state index contributed by atoms with van der Waals surface area (Å²) in [4.78, 5) is 13.8. The Balaban J connectivity index is 1.59. The van der Waals surface area contributed by atoms with Crippen LogP contribution in [0.15, 0.2) is 36.8 Å². The highest BCUT2D eigenvalue weighted by Crippen LogP contribution is 2.26. The molecular formula is C20H27N7O. The van der Waals surface area contributed by atoms with Gasteiger partial charge in [0.25, 0.3) is 0 Å². The van der Waals surface area contributed by atoms with Crippen LogP contribution >= 0.6 is 0 Å². The minimum absolute atomic E-state index is 0.0113. The summed E-state index contributed by atoms with van der Waals surface area (Å²) in [6, 6.07) is 6.02. The second-order valence-electron chi connectivity index (χ2n) is 7.25. The van der Waals surface area contributed by atoms with Crippen molar-refractivity contribution in [2.75, 3.05) is 50.1 Å². The molecule has 3 aromatic heterocycles. The molecule has 0 saturated carbocycles. The first-order valence-electron chi connectivity index (χ1n) is 9.79. The van der Waals surface area contributed by atoms with Crippen molar-refractivity contribution in [3.8, 4) is 11.1 Å². The molecule has 8 nitrogen and oxygen atoms in total. The van der Waals surface area contributed by atoms with E-state index < -0.39 is 0 Å². The number of nitrogens with zero attached hydrogens (tertiary/aromatic N) is 6. The Bertz CT molecular complexity index is 912. The number of piperazine rings is 1. The number of rotatable bonds is 6. The molecule has 0 spiro atoms. The molecular weight excluding hydrogens is 354 g/mol. The molecule has 0 aliphatic carbocycles. The van der Waals surface area contributed by atoms with Crippen molar-refractivity contribution in [3.05, 3.63) is 36.8 Å². The molecule has 0 bridgehead atoms. The highest BCUT2D eigenvalue weighted by molar-refractivity contribution is 5.78. The van der Waals surface area contributed by atoms with Gasteiger partial charge in [0.2, 0.25) is 0 Å². The van der Waals surface area contributed by atoms with Crippen LogP contribution in [-0.4, -0.2) is 75.5 Å². The van der Waals surface area contributed by atoms with Gasteiger partial charge in [0.15, 0.2) is 5.65 Å². The number of hydrogen-bond donors (Lipinski definition) is 2.